The zero-order valence-corrected chi connectivity index (χ0v) is 19.9. The summed E-state index contributed by atoms with van der Waals surface area (Å²) < 4.78 is 17.1. The van der Waals surface area contributed by atoms with E-state index in [1.165, 1.54) is 0 Å². The third-order valence-electron chi connectivity index (χ3n) is 4.84. The lowest BCUT2D eigenvalue weighted by atomic mass is 10.1. The first-order valence-electron chi connectivity index (χ1n) is 10.2. The molecule has 1 aliphatic heterocycles. The summed E-state index contributed by atoms with van der Waals surface area (Å²) in [6.45, 7) is 2.61. The average molecular weight is 502 g/mol. The van der Waals surface area contributed by atoms with Crippen LogP contribution in [0.25, 0.3) is 11.8 Å². The number of ether oxygens (including phenoxy) is 3. The second-order valence-electron chi connectivity index (χ2n) is 7.17. The first kappa shape index (κ1) is 23.2. The Morgan fingerprint density at radius 1 is 0.879 bits per heavy atom. The molecule has 0 unspecified atom stereocenters. The summed E-state index contributed by atoms with van der Waals surface area (Å²) in [5, 5.41) is 1.71. The Labute approximate surface area is 206 Å². The lowest BCUT2D eigenvalue weighted by Gasteiger charge is -2.13. The van der Waals surface area contributed by atoms with E-state index in [0.717, 1.165) is 16.7 Å². The Hall–Kier alpha value is -2.92. The average Bonchev–Trinajstić information content (AvgIpc) is 3.15. The van der Waals surface area contributed by atoms with E-state index < -0.39 is 5.97 Å². The van der Waals surface area contributed by atoms with E-state index in [2.05, 4.69) is 0 Å². The molecule has 0 saturated heterocycles. The van der Waals surface area contributed by atoms with E-state index in [4.69, 9.17) is 49.0 Å². The zero-order valence-electron chi connectivity index (χ0n) is 17.6. The van der Waals surface area contributed by atoms with Gasteiger partial charge in [0.1, 0.15) is 12.4 Å². The molecule has 3 aromatic carbocycles. The van der Waals surface area contributed by atoms with E-state index in [1.54, 1.807) is 54.6 Å². The molecule has 0 saturated carbocycles. The van der Waals surface area contributed by atoms with Gasteiger partial charge in [-0.25, -0.2) is 4.79 Å². The highest BCUT2D eigenvalue weighted by atomic mass is 35.5. The van der Waals surface area contributed by atoms with Crippen LogP contribution in [0.15, 0.2) is 72.3 Å². The molecule has 0 atom stereocenters. The minimum atomic E-state index is -0.421. The molecule has 168 valence electrons. The van der Waals surface area contributed by atoms with Gasteiger partial charge < -0.3 is 14.2 Å². The van der Waals surface area contributed by atoms with E-state index in [9.17, 15) is 4.79 Å². The molecular weight excluding hydrogens is 483 g/mol. The third-order valence-corrected chi connectivity index (χ3v) is 5.68. The van der Waals surface area contributed by atoms with Crippen molar-refractivity contribution >= 4 is 52.6 Å². The van der Waals surface area contributed by atoms with Crippen LogP contribution in [0.5, 0.6) is 11.5 Å². The summed E-state index contributed by atoms with van der Waals surface area (Å²) in [4.78, 5) is 12.4. The Bertz CT molecular complexity index is 1250. The number of carbonyl (C=O) groups is 1. The SMILES string of the molecule is CCOc1cc(/C=C2\C=C(c3ccc(Cl)cc3)OC2=O)ccc1OCc1ccc(Cl)cc1Cl. The molecule has 33 heavy (non-hydrogen) atoms. The Kier molecular flexibility index (Phi) is 7.29. The summed E-state index contributed by atoms with van der Waals surface area (Å²) >= 11 is 18.1. The van der Waals surface area contributed by atoms with Gasteiger partial charge >= 0.3 is 5.97 Å². The molecule has 0 aromatic heterocycles. The third kappa shape index (κ3) is 5.72. The number of hydrogen-bond donors (Lipinski definition) is 0. The molecule has 1 heterocycles. The van der Waals surface area contributed by atoms with E-state index in [0.29, 0.717) is 44.5 Å². The molecule has 0 fully saturated rings. The standard InChI is InChI=1S/C26H19Cl3O4/c1-2-31-25-12-16(3-10-23(25)32-15-18-6-9-21(28)14-22(18)29)11-19-13-24(33-26(19)30)17-4-7-20(27)8-5-17/h3-14H,2,15H2,1H3/b19-11+. The lowest BCUT2D eigenvalue weighted by Crippen LogP contribution is -2.01. The van der Waals surface area contributed by atoms with Crippen LogP contribution >= 0.6 is 34.8 Å². The quantitative estimate of drug-likeness (QED) is 0.247. The number of carbonyl (C=O) groups excluding carboxylic acids is 1. The van der Waals surface area contributed by atoms with Crippen molar-refractivity contribution in [3.63, 3.8) is 0 Å². The van der Waals surface area contributed by atoms with Crippen LogP contribution in [0.1, 0.15) is 23.6 Å². The van der Waals surface area contributed by atoms with Crippen LogP contribution in [0.4, 0.5) is 0 Å². The van der Waals surface area contributed by atoms with Crippen molar-refractivity contribution in [2.24, 2.45) is 0 Å². The normalized spacial score (nSPS) is 14.2. The number of esters is 1. The molecule has 4 nitrogen and oxygen atoms in total. The van der Waals surface area contributed by atoms with Gasteiger partial charge in [0.05, 0.1) is 12.2 Å². The van der Waals surface area contributed by atoms with Gasteiger partial charge in [-0.3, -0.25) is 0 Å². The molecule has 0 spiro atoms. The highest BCUT2D eigenvalue weighted by Gasteiger charge is 2.22. The van der Waals surface area contributed by atoms with Crippen molar-refractivity contribution in [3.05, 3.63) is 104 Å². The molecular formula is C26H19Cl3O4. The molecule has 0 aliphatic carbocycles. The fraction of sp³-hybridized carbons (Fsp3) is 0.115. The summed E-state index contributed by atoms with van der Waals surface area (Å²) in [6, 6.07) is 17.8. The highest BCUT2D eigenvalue weighted by Crippen LogP contribution is 2.33. The topological polar surface area (TPSA) is 44.8 Å². The maximum absolute atomic E-state index is 12.4. The van der Waals surface area contributed by atoms with Gasteiger partial charge in [-0.05, 0) is 73.2 Å². The van der Waals surface area contributed by atoms with Crippen LogP contribution in [-0.2, 0) is 16.1 Å². The van der Waals surface area contributed by atoms with Gasteiger partial charge in [-0.2, -0.15) is 0 Å². The molecule has 3 aromatic rings. The molecule has 7 heteroatoms. The lowest BCUT2D eigenvalue weighted by molar-refractivity contribution is -0.130. The first-order valence-corrected chi connectivity index (χ1v) is 11.3. The Morgan fingerprint density at radius 2 is 1.64 bits per heavy atom. The van der Waals surface area contributed by atoms with Gasteiger partial charge in [-0.1, -0.05) is 46.9 Å². The van der Waals surface area contributed by atoms with Crippen molar-refractivity contribution in [1.29, 1.82) is 0 Å². The second kappa shape index (κ2) is 10.3. The Balaban J connectivity index is 1.55. The second-order valence-corrected chi connectivity index (χ2v) is 8.45. The number of benzene rings is 3. The van der Waals surface area contributed by atoms with Crippen LogP contribution in [-0.4, -0.2) is 12.6 Å². The summed E-state index contributed by atoms with van der Waals surface area (Å²) in [7, 11) is 0. The van der Waals surface area contributed by atoms with Gasteiger partial charge in [-0.15, -0.1) is 0 Å². The Morgan fingerprint density at radius 3 is 2.36 bits per heavy atom. The fourth-order valence-corrected chi connectivity index (χ4v) is 3.81. The van der Waals surface area contributed by atoms with Crippen LogP contribution < -0.4 is 9.47 Å². The van der Waals surface area contributed by atoms with Gasteiger partial charge in [0.25, 0.3) is 0 Å². The van der Waals surface area contributed by atoms with Crippen molar-refractivity contribution in [2.45, 2.75) is 13.5 Å². The van der Waals surface area contributed by atoms with Crippen LogP contribution in [0.2, 0.25) is 15.1 Å². The first-order chi connectivity index (χ1) is 15.9. The molecule has 0 amide bonds. The molecule has 0 N–H and O–H groups in total. The predicted molar refractivity (Wildman–Crippen MR) is 132 cm³/mol. The molecule has 0 radical (unpaired) electrons. The van der Waals surface area contributed by atoms with E-state index >= 15 is 0 Å². The van der Waals surface area contributed by atoms with Crippen molar-refractivity contribution < 1.29 is 19.0 Å². The zero-order chi connectivity index (χ0) is 23.4. The van der Waals surface area contributed by atoms with Gasteiger partial charge in [0.15, 0.2) is 11.5 Å². The number of halogens is 3. The minimum absolute atomic E-state index is 0.260. The molecule has 0 bridgehead atoms. The number of cyclic esters (lactones) is 1. The summed E-state index contributed by atoms with van der Waals surface area (Å²) in [6.07, 6.45) is 3.45. The van der Waals surface area contributed by atoms with Crippen LogP contribution in [0.3, 0.4) is 0 Å². The molecule has 4 rings (SSSR count). The monoisotopic (exact) mass is 500 g/mol. The van der Waals surface area contributed by atoms with Crippen molar-refractivity contribution in [2.75, 3.05) is 6.61 Å². The van der Waals surface area contributed by atoms with Crippen LogP contribution in [0, 0.1) is 0 Å². The number of hydrogen-bond acceptors (Lipinski definition) is 4. The predicted octanol–water partition coefficient (Wildman–Crippen LogP) is 7.61. The minimum Gasteiger partial charge on any atom is -0.490 e. The summed E-state index contributed by atoms with van der Waals surface area (Å²) in [5.41, 5.74) is 2.79. The van der Waals surface area contributed by atoms with E-state index in [1.807, 2.05) is 25.1 Å². The van der Waals surface area contributed by atoms with Crippen molar-refractivity contribution in [3.8, 4) is 11.5 Å². The number of rotatable bonds is 7. The van der Waals surface area contributed by atoms with Crippen molar-refractivity contribution in [1.82, 2.24) is 0 Å². The van der Waals surface area contributed by atoms with E-state index in [-0.39, 0.29) is 6.61 Å². The van der Waals surface area contributed by atoms with Gasteiger partial charge in [0.2, 0.25) is 0 Å². The smallest absolute Gasteiger partial charge is 0.343 e. The maximum atomic E-state index is 12.4. The highest BCUT2D eigenvalue weighted by molar-refractivity contribution is 6.35. The summed E-state index contributed by atoms with van der Waals surface area (Å²) in [5.74, 6) is 1.19. The largest absolute Gasteiger partial charge is 0.490 e. The fourth-order valence-electron chi connectivity index (χ4n) is 3.22. The van der Waals surface area contributed by atoms with Gasteiger partial charge in [0, 0.05) is 26.2 Å². The maximum Gasteiger partial charge on any atom is 0.343 e. The molecule has 1 aliphatic rings.